The van der Waals surface area contributed by atoms with Crippen molar-refractivity contribution in [3.63, 3.8) is 0 Å². The number of carboxylic acids is 1. The molecule has 1 atom stereocenters. The second kappa shape index (κ2) is 4.68. The minimum atomic E-state index is -0.915. The number of phenolic OH excluding ortho intramolecular Hbond substituents is 2. The second-order valence-corrected chi connectivity index (χ2v) is 3.43. The summed E-state index contributed by atoms with van der Waals surface area (Å²) >= 11 is 0. The van der Waals surface area contributed by atoms with E-state index < -0.39 is 11.9 Å². The predicted molar refractivity (Wildman–Crippen MR) is 55.1 cm³/mol. The Labute approximate surface area is 87.8 Å². The summed E-state index contributed by atoms with van der Waals surface area (Å²) in [5.74, 6) is -2.06. The molecule has 1 aromatic carbocycles. The molecule has 4 nitrogen and oxygen atoms in total. The molecule has 0 bridgehead atoms. The zero-order valence-corrected chi connectivity index (χ0v) is 8.47. The lowest BCUT2D eigenvalue weighted by Crippen LogP contribution is -2.11. The largest absolute Gasteiger partial charge is 0.504 e. The highest BCUT2D eigenvalue weighted by Crippen LogP contribution is 2.30. The third-order valence-electron chi connectivity index (χ3n) is 2.28. The average Bonchev–Trinajstić information content (AvgIpc) is 2.18. The number of hydrogen-bond acceptors (Lipinski definition) is 3. The molecule has 0 aromatic heterocycles. The molecular weight excluding hydrogens is 196 g/mol. The highest BCUT2D eigenvalue weighted by molar-refractivity contribution is 5.76. The van der Waals surface area contributed by atoms with Crippen LogP contribution in [0.4, 0.5) is 0 Å². The first-order valence-corrected chi connectivity index (χ1v) is 4.81. The second-order valence-electron chi connectivity index (χ2n) is 3.43. The standard InChI is InChI=1S/C11H14O4/c1-2-3-8(11(14)15)7-4-5-9(12)10(13)6-7/h4-6,8,12-13H,2-3H2,1H3,(H,14,15). The highest BCUT2D eigenvalue weighted by atomic mass is 16.4. The highest BCUT2D eigenvalue weighted by Gasteiger charge is 2.19. The van der Waals surface area contributed by atoms with Gasteiger partial charge in [-0.05, 0) is 24.1 Å². The molecule has 3 N–H and O–H groups in total. The first-order chi connectivity index (χ1) is 7.06. The van der Waals surface area contributed by atoms with E-state index in [4.69, 9.17) is 10.2 Å². The van der Waals surface area contributed by atoms with Gasteiger partial charge in [0.25, 0.3) is 0 Å². The van der Waals surface area contributed by atoms with Crippen LogP contribution in [0.2, 0.25) is 0 Å². The lowest BCUT2D eigenvalue weighted by Gasteiger charge is -2.12. The molecule has 0 fully saturated rings. The molecule has 0 heterocycles. The van der Waals surface area contributed by atoms with Crippen LogP contribution in [0, 0.1) is 0 Å². The Hall–Kier alpha value is -1.71. The minimum absolute atomic E-state index is 0.237. The van der Waals surface area contributed by atoms with E-state index in [1.165, 1.54) is 18.2 Å². The van der Waals surface area contributed by atoms with Crippen molar-refractivity contribution in [2.24, 2.45) is 0 Å². The Morgan fingerprint density at radius 2 is 2.00 bits per heavy atom. The van der Waals surface area contributed by atoms with E-state index in [0.29, 0.717) is 12.0 Å². The number of aromatic hydroxyl groups is 2. The summed E-state index contributed by atoms with van der Waals surface area (Å²) in [6.45, 7) is 1.90. The van der Waals surface area contributed by atoms with Crippen molar-refractivity contribution in [3.05, 3.63) is 23.8 Å². The first-order valence-electron chi connectivity index (χ1n) is 4.81. The molecule has 0 saturated carbocycles. The van der Waals surface area contributed by atoms with Gasteiger partial charge >= 0.3 is 5.97 Å². The van der Waals surface area contributed by atoms with Gasteiger partial charge in [-0.25, -0.2) is 0 Å². The Morgan fingerprint density at radius 1 is 1.33 bits per heavy atom. The van der Waals surface area contributed by atoms with Gasteiger partial charge in [0.05, 0.1) is 5.92 Å². The Morgan fingerprint density at radius 3 is 2.47 bits per heavy atom. The van der Waals surface area contributed by atoms with Crippen LogP contribution in [0.25, 0.3) is 0 Å². The van der Waals surface area contributed by atoms with Gasteiger partial charge in [-0.3, -0.25) is 4.79 Å². The first kappa shape index (κ1) is 11.4. The van der Waals surface area contributed by atoms with Gasteiger partial charge in [-0.1, -0.05) is 19.4 Å². The van der Waals surface area contributed by atoms with Gasteiger partial charge in [-0.2, -0.15) is 0 Å². The van der Waals surface area contributed by atoms with Gasteiger partial charge in [0.1, 0.15) is 0 Å². The van der Waals surface area contributed by atoms with E-state index >= 15 is 0 Å². The summed E-state index contributed by atoms with van der Waals surface area (Å²) in [5, 5.41) is 27.3. The van der Waals surface area contributed by atoms with Crippen molar-refractivity contribution in [2.75, 3.05) is 0 Å². The minimum Gasteiger partial charge on any atom is -0.504 e. The fourth-order valence-electron chi connectivity index (χ4n) is 1.48. The van der Waals surface area contributed by atoms with Crippen LogP contribution in [0.1, 0.15) is 31.2 Å². The summed E-state index contributed by atoms with van der Waals surface area (Å²) in [7, 11) is 0. The van der Waals surface area contributed by atoms with Crippen LogP contribution >= 0.6 is 0 Å². The molecule has 1 rings (SSSR count). The lowest BCUT2D eigenvalue weighted by molar-refractivity contribution is -0.139. The molecule has 0 aliphatic heterocycles. The summed E-state index contributed by atoms with van der Waals surface area (Å²) in [6, 6.07) is 4.11. The number of aliphatic carboxylic acids is 1. The summed E-state index contributed by atoms with van der Waals surface area (Å²) in [5.41, 5.74) is 0.514. The molecule has 1 aromatic rings. The number of hydrogen-bond donors (Lipinski definition) is 3. The summed E-state index contributed by atoms with van der Waals surface area (Å²) in [6.07, 6.45) is 1.26. The lowest BCUT2D eigenvalue weighted by atomic mass is 9.94. The number of carbonyl (C=O) groups is 1. The quantitative estimate of drug-likeness (QED) is 0.665. The molecule has 0 saturated heterocycles. The topological polar surface area (TPSA) is 77.8 Å². The molecule has 0 spiro atoms. The smallest absolute Gasteiger partial charge is 0.310 e. The van der Waals surface area contributed by atoms with Crippen molar-refractivity contribution in [1.29, 1.82) is 0 Å². The van der Waals surface area contributed by atoms with Crippen LogP contribution in [-0.2, 0) is 4.79 Å². The van der Waals surface area contributed by atoms with Crippen molar-refractivity contribution in [1.82, 2.24) is 0 Å². The molecule has 82 valence electrons. The van der Waals surface area contributed by atoms with Crippen LogP contribution in [0.5, 0.6) is 11.5 Å². The van der Waals surface area contributed by atoms with E-state index in [2.05, 4.69) is 0 Å². The fourth-order valence-corrected chi connectivity index (χ4v) is 1.48. The van der Waals surface area contributed by atoms with Crippen molar-refractivity contribution in [2.45, 2.75) is 25.7 Å². The van der Waals surface area contributed by atoms with E-state index in [1.54, 1.807) is 0 Å². The van der Waals surface area contributed by atoms with Crippen LogP contribution in [-0.4, -0.2) is 21.3 Å². The molecular formula is C11H14O4. The maximum Gasteiger partial charge on any atom is 0.310 e. The predicted octanol–water partition coefficient (Wildman–Crippen LogP) is 2.07. The monoisotopic (exact) mass is 210 g/mol. The summed E-state index contributed by atoms with van der Waals surface area (Å²) in [4.78, 5) is 10.9. The van der Waals surface area contributed by atoms with E-state index in [1.807, 2.05) is 6.92 Å². The Balaban J connectivity index is 3.01. The molecule has 1 unspecified atom stereocenters. The van der Waals surface area contributed by atoms with Crippen LogP contribution in [0.15, 0.2) is 18.2 Å². The van der Waals surface area contributed by atoms with Crippen LogP contribution in [0.3, 0.4) is 0 Å². The van der Waals surface area contributed by atoms with Crippen LogP contribution < -0.4 is 0 Å². The third kappa shape index (κ3) is 2.62. The van der Waals surface area contributed by atoms with Crippen molar-refractivity contribution < 1.29 is 20.1 Å². The maximum absolute atomic E-state index is 10.9. The zero-order chi connectivity index (χ0) is 11.4. The maximum atomic E-state index is 10.9. The SMILES string of the molecule is CCCC(C(=O)O)c1ccc(O)c(O)c1. The number of rotatable bonds is 4. The molecule has 15 heavy (non-hydrogen) atoms. The van der Waals surface area contributed by atoms with Gasteiger partial charge in [-0.15, -0.1) is 0 Å². The van der Waals surface area contributed by atoms with E-state index in [-0.39, 0.29) is 11.5 Å². The molecule has 0 aliphatic carbocycles. The fraction of sp³-hybridized carbons (Fsp3) is 0.364. The molecule has 0 amide bonds. The van der Waals surface area contributed by atoms with E-state index in [0.717, 1.165) is 6.42 Å². The normalized spacial score (nSPS) is 12.3. The average molecular weight is 210 g/mol. The third-order valence-corrected chi connectivity index (χ3v) is 2.28. The van der Waals surface area contributed by atoms with Gasteiger partial charge in [0, 0.05) is 0 Å². The summed E-state index contributed by atoms with van der Waals surface area (Å²) < 4.78 is 0. The van der Waals surface area contributed by atoms with Crippen molar-refractivity contribution >= 4 is 5.97 Å². The molecule has 0 radical (unpaired) electrons. The number of benzene rings is 1. The molecule has 4 heteroatoms. The number of phenols is 2. The zero-order valence-electron chi connectivity index (χ0n) is 8.47. The Bertz CT molecular complexity index is 360. The van der Waals surface area contributed by atoms with Gasteiger partial charge < -0.3 is 15.3 Å². The Kier molecular flexibility index (Phi) is 3.55. The van der Waals surface area contributed by atoms with Crippen molar-refractivity contribution in [3.8, 4) is 11.5 Å². The number of carboxylic acid groups (broad SMARTS) is 1. The van der Waals surface area contributed by atoms with Gasteiger partial charge in [0.2, 0.25) is 0 Å². The molecule has 0 aliphatic rings. The van der Waals surface area contributed by atoms with Gasteiger partial charge in [0.15, 0.2) is 11.5 Å². The van der Waals surface area contributed by atoms with E-state index in [9.17, 15) is 9.90 Å².